The molecule has 0 aromatic heterocycles. The van der Waals surface area contributed by atoms with E-state index in [0.29, 0.717) is 12.2 Å². The molecule has 0 bridgehead atoms. The van der Waals surface area contributed by atoms with E-state index in [9.17, 15) is 9.59 Å². The van der Waals surface area contributed by atoms with E-state index in [2.05, 4.69) is 27.8 Å². The van der Waals surface area contributed by atoms with E-state index in [0.717, 1.165) is 0 Å². The van der Waals surface area contributed by atoms with Gasteiger partial charge < -0.3 is 14.7 Å². The second kappa shape index (κ2) is 12.7. The molecule has 0 rings (SSSR count). The topological polar surface area (TPSA) is 74.6 Å². The van der Waals surface area contributed by atoms with E-state index < -0.39 is 11.9 Å². The SMILES string of the molecule is CC[N+](C)(CC)CC.O=C(O)/C=C/C(=O)O.[KH]. The molecule has 5 nitrogen and oxygen atoms in total. The molecule has 0 saturated heterocycles. The molecule has 0 aromatic rings. The van der Waals surface area contributed by atoms with Gasteiger partial charge in [0.05, 0.1) is 26.7 Å². The van der Waals surface area contributed by atoms with E-state index in [1.165, 1.54) is 24.1 Å². The summed E-state index contributed by atoms with van der Waals surface area (Å²) in [6.07, 6.45) is 1.12. The van der Waals surface area contributed by atoms with Crippen molar-refractivity contribution in [3.05, 3.63) is 12.2 Å². The van der Waals surface area contributed by atoms with Crippen LogP contribution in [-0.4, -0.2) is 105 Å². The van der Waals surface area contributed by atoms with Crippen molar-refractivity contribution in [3.8, 4) is 0 Å². The van der Waals surface area contributed by atoms with Crippen LogP contribution in [-0.2, 0) is 9.59 Å². The Labute approximate surface area is 146 Å². The summed E-state index contributed by atoms with van der Waals surface area (Å²) in [6, 6.07) is 0. The average molecular weight is 272 g/mol. The molecule has 0 heterocycles. The Kier molecular flexibility index (Phi) is 16.8. The number of nitrogens with zero attached hydrogens (tertiary/aromatic N) is 1. The van der Waals surface area contributed by atoms with Gasteiger partial charge >= 0.3 is 63.3 Å². The Morgan fingerprint density at radius 1 is 0.941 bits per heavy atom. The summed E-state index contributed by atoms with van der Waals surface area (Å²) >= 11 is 0. The summed E-state index contributed by atoms with van der Waals surface area (Å²) in [4.78, 5) is 19.1. The van der Waals surface area contributed by atoms with Crippen molar-refractivity contribution in [1.82, 2.24) is 0 Å². The standard InChI is InChI=1S/C7H18N.C4H4O4.K.H/c1-5-8(4,6-2)7-3;5-3(6)1-2-4(7)8;;/h5-7H2,1-4H3;1-2H,(H,5,6)(H,7,8);;/q+1;;;/b;2-1+;;. The maximum atomic E-state index is 9.55. The van der Waals surface area contributed by atoms with Crippen LogP contribution in [0.15, 0.2) is 12.2 Å². The predicted octanol–water partition coefficient (Wildman–Crippen LogP) is 0.556. The second-order valence-electron chi connectivity index (χ2n) is 3.58. The zero-order valence-electron chi connectivity index (χ0n) is 10.4. The summed E-state index contributed by atoms with van der Waals surface area (Å²) in [7, 11) is 2.29. The van der Waals surface area contributed by atoms with Gasteiger partial charge in [-0.1, -0.05) is 0 Å². The van der Waals surface area contributed by atoms with E-state index in [1.54, 1.807) is 0 Å². The van der Waals surface area contributed by atoms with E-state index in [1.807, 2.05) is 0 Å². The van der Waals surface area contributed by atoms with Crippen molar-refractivity contribution in [1.29, 1.82) is 0 Å². The van der Waals surface area contributed by atoms with Crippen LogP contribution in [0.5, 0.6) is 0 Å². The molecule has 0 aliphatic carbocycles. The summed E-state index contributed by atoms with van der Waals surface area (Å²) in [5.41, 5.74) is 0. The zero-order chi connectivity index (χ0) is 13.2. The fraction of sp³-hybridized carbons (Fsp3) is 0.636. The summed E-state index contributed by atoms with van der Waals surface area (Å²) in [5.74, 6) is -2.51. The summed E-state index contributed by atoms with van der Waals surface area (Å²) < 4.78 is 1.21. The number of carboxylic acids is 2. The van der Waals surface area contributed by atoms with Crippen LogP contribution in [0.25, 0.3) is 0 Å². The van der Waals surface area contributed by atoms with Gasteiger partial charge in [-0.05, 0) is 20.8 Å². The fourth-order valence-corrected chi connectivity index (χ4v) is 0.813. The third-order valence-electron chi connectivity index (χ3n) is 2.66. The molecule has 6 heteroatoms. The summed E-state index contributed by atoms with van der Waals surface area (Å²) in [5, 5.41) is 15.6. The first-order valence-corrected chi connectivity index (χ1v) is 5.28. The molecule has 0 saturated carbocycles. The van der Waals surface area contributed by atoms with Crippen LogP contribution in [0.4, 0.5) is 0 Å². The van der Waals surface area contributed by atoms with Gasteiger partial charge in [0.1, 0.15) is 0 Å². The number of rotatable bonds is 5. The van der Waals surface area contributed by atoms with Crippen molar-refractivity contribution >= 4 is 63.3 Å². The van der Waals surface area contributed by atoms with Gasteiger partial charge in [0.25, 0.3) is 0 Å². The Bertz CT molecular complexity index is 226. The first-order valence-electron chi connectivity index (χ1n) is 5.28. The Morgan fingerprint density at radius 3 is 1.24 bits per heavy atom. The van der Waals surface area contributed by atoms with Gasteiger partial charge in [-0.15, -0.1) is 0 Å². The molecule has 0 aliphatic heterocycles. The van der Waals surface area contributed by atoms with Gasteiger partial charge in [0, 0.05) is 12.2 Å². The minimum absolute atomic E-state index is 0. The number of hydrogen-bond acceptors (Lipinski definition) is 2. The number of carboxylic acid groups (broad SMARTS) is 2. The first-order chi connectivity index (χ1) is 7.31. The molecule has 96 valence electrons. The Morgan fingerprint density at radius 2 is 1.18 bits per heavy atom. The van der Waals surface area contributed by atoms with Crippen molar-refractivity contribution in [2.24, 2.45) is 0 Å². The molecule has 0 fully saturated rings. The molecular weight excluding hydrogens is 249 g/mol. The van der Waals surface area contributed by atoms with Crippen molar-refractivity contribution < 1.29 is 24.3 Å². The molecule has 0 aliphatic rings. The number of carbonyl (C=O) groups is 2. The van der Waals surface area contributed by atoms with E-state index >= 15 is 0 Å². The van der Waals surface area contributed by atoms with Crippen LogP contribution in [0, 0.1) is 0 Å². The van der Waals surface area contributed by atoms with Crippen molar-refractivity contribution in [2.75, 3.05) is 26.7 Å². The van der Waals surface area contributed by atoms with E-state index in [4.69, 9.17) is 10.2 Å². The summed E-state index contributed by atoms with van der Waals surface area (Å²) in [6.45, 7) is 10.5. The van der Waals surface area contributed by atoms with Crippen LogP contribution in [0.2, 0.25) is 0 Å². The molecule has 0 spiro atoms. The van der Waals surface area contributed by atoms with Gasteiger partial charge in [-0.2, -0.15) is 0 Å². The average Bonchev–Trinajstić information content (AvgIpc) is 2.26. The number of quaternary nitrogens is 1. The van der Waals surface area contributed by atoms with Gasteiger partial charge in [-0.25, -0.2) is 9.59 Å². The second-order valence-corrected chi connectivity index (χ2v) is 3.58. The normalized spacial score (nSPS) is 10.1. The first kappa shape index (κ1) is 22.5. The molecule has 0 unspecified atom stereocenters. The Hall–Kier alpha value is 0.276. The molecule has 0 radical (unpaired) electrons. The molecule has 0 amide bonds. The molecule has 2 N–H and O–H groups in total. The molecule has 0 aromatic carbocycles. The van der Waals surface area contributed by atoms with Crippen molar-refractivity contribution in [3.63, 3.8) is 0 Å². The minimum atomic E-state index is -1.26. The van der Waals surface area contributed by atoms with Gasteiger partial charge in [0.15, 0.2) is 0 Å². The maximum absolute atomic E-state index is 9.55. The van der Waals surface area contributed by atoms with Gasteiger partial charge in [0.2, 0.25) is 0 Å². The third-order valence-corrected chi connectivity index (χ3v) is 2.66. The molecule has 0 atom stereocenters. The van der Waals surface area contributed by atoms with Crippen LogP contribution in [0.1, 0.15) is 20.8 Å². The predicted molar refractivity (Wildman–Crippen MR) is 69.4 cm³/mol. The van der Waals surface area contributed by atoms with Crippen LogP contribution in [0.3, 0.4) is 0 Å². The molecular formula is C11H23KNO4+. The number of aliphatic carboxylic acids is 2. The van der Waals surface area contributed by atoms with E-state index in [-0.39, 0.29) is 51.4 Å². The van der Waals surface area contributed by atoms with Crippen LogP contribution < -0.4 is 0 Å². The molecule has 17 heavy (non-hydrogen) atoms. The Balaban J connectivity index is -0.000000218. The zero-order valence-corrected chi connectivity index (χ0v) is 10.4. The fourth-order valence-electron chi connectivity index (χ4n) is 0.813. The monoisotopic (exact) mass is 272 g/mol. The third kappa shape index (κ3) is 16.3. The van der Waals surface area contributed by atoms with Gasteiger partial charge in [-0.3, -0.25) is 0 Å². The van der Waals surface area contributed by atoms with Crippen molar-refractivity contribution in [2.45, 2.75) is 20.8 Å². The van der Waals surface area contributed by atoms with Crippen LogP contribution >= 0.6 is 0 Å². The number of hydrogen-bond donors (Lipinski definition) is 2. The quantitative estimate of drug-likeness (QED) is 0.435.